The number of allylic oxidation sites excluding steroid dienone is 1. The smallest absolute Gasteiger partial charge is 0.254 e. The first-order valence-corrected chi connectivity index (χ1v) is 11.9. The van der Waals surface area contributed by atoms with Crippen LogP contribution < -0.4 is 5.73 Å². The highest BCUT2D eigenvalue weighted by Gasteiger charge is 2.25. The number of nitrogens with zero attached hydrogens (tertiary/aromatic N) is 6. The number of carbonyl (C=O) groups excluding carboxylic acids is 1. The number of fused-ring (bicyclic) bond motifs is 1. The SMILES string of the molecule is Cc1cc2cc(C(=O)N(Cc3ccc(C4=CCN=CC4)cn3)[C@H](C)c3ncccn3)ccc2nc1N. The first-order chi connectivity index (χ1) is 17.5. The number of rotatable bonds is 6. The van der Waals surface area contributed by atoms with Gasteiger partial charge in [-0.1, -0.05) is 12.1 Å². The standard InChI is InChI=1S/C28H27N7O/c1-18-14-23-15-21(5-7-25(23)34-26(18)29)28(36)35(19(2)27-31-10-3-11-32-27)17-24-6-4-22(16-33-24)20-8-12-30-13-9-20/h3-8,10-11,13-16,19H,9,12,17H2,1-2H3,(H2,29,34)/t19-/m1/s1. The molecule has 1 aliphatic rings. The molecule has 0 aliphatic carbocycles. The van der Waals surface area contributed by atoms with E-state index in [-0.39, 0.29) is 11.9 Å². The molecule has 1 atom stereocenters. The maximum atomic E-state index is 13.8. The molecule has 4 heterocycles. The van der Waals surface area contributed by atoms with Gasteiger partial charge in [-0.25, -0.2) is 15.0 Å². The third-order valence-electron chi connectivity index (χ3n) is 6.39. The fourth-order valence-electron chi connectivity index (χ4n) is 4.25. The van der Waals surface area contributed by atoms with Gasteiger partial charge in [0.2, 0.25) is 0 Å². The van der Waals surface area contributed by atoms with Gasteiger partial charge in [-0.2, -0.15) is 0 Å². The van der Waals surface area contributed by atoms with Gasteiger partial charge in [0, 0.05) is 42.2 Å². The van der Waals surface area contributed by atoms with E-state index in [1.165, 1.54) is 5.57 Å². The van der Waals surface area contributed by atoms with Crippen LogP contribution in [0.25, 0.3) is 16.5 Å². The van der Waals surface area contributed by atoms with Crippen molar-refractivity contribution < 1.29 is 4.79 Å². The minimum absolute atomic E-state index is 0.136. The Bertz CT molecular complexity index is 1460. The Morgan fingerprint density at radius 3 is 2.67 bits per heavy atom. The van der Waals surface area contributed by atoms with Gasteiger partial charge in [0.15, 0.2) is 0 Å². The summed E-state index contributed by atoms with van der Waals surface area (Å²) >= 11 is 0. The van der Waals surface area contributed by atoms with Crippen molar-refractivity contribution in [1.29, 1.82) is 0 Å². The number of amides is 1. The zero-order valence-electron chi connectivity index (χ0n) is 20.3. The van der Waals surface area contributed by atoms with Gasteiger partial charge in [-0.05, 0) is 66.9 Å². The van der Waals surface area contributed by atoms with Crippen molar-refractivity contribution in [2.24, 2.45) is 4.99 Å². The average molecular weight is 478 g/mol. The molecular weight excluding hydrogens is 450 g/mol. The molecule has 2 N–H and O–H groups in total. The Kier molecular flexibility index (Phi) is 6.49. The molecule has 3 aromatic heterocycles. The fraction of sp³-hybridized carbons (Fsp3) is 0.214. The highest BCUT2D eigenvalue weighted by molar-refractivity contribution is 5.98. The lowest BCUT2D eigenvalue weighted by Crippen LogP contribution is -2.34. The number of hydrogen-bond acceptors (Lipinski definition) is 7. The van der Waals surface area contributed by atoms with Gasteiger partial charge in [0.05, 0.1) is 30.3 Å². The van der Waals surface area contributed by atoms with Crippen LogP contribution in [0.15, 0.2) is 72.1 Å². The topological polar surface area (TPSA) is 110 Å². The lowest BCUT2D eigenvalue weighted by molar-refractivity contribution is 0.0663. The zero-order chi connectivity index (χ0) is 25.1. The van der Waals surface area contributed by atoms with Crippen LogP contribution in [0.2, 0.25) is 0 Å². The molecule has 1 amide bonds. The van der Waals surface area contributed by atoms with Gasteiger partial charge in [-0.3, -0.25) is 14.8 Å². The molecule has 0 unspecified atom stereocenters. The van der Waals surface area contributed by atoms with Crippen molar-refractivity contribution in [3.05, 3.63) is 95.3 Å². The number of carbonyl (C=O) groups is 1. The summed E-state index contributed by atoms with van der Waals surface area (Å²) in [6, 6.07) is 12.8. The summed E-state index contributed by atoms with van der Waals surface area (Å²) in [5, 5.41) is 0.864. The number of aliphatic imine (C=N–C) groups is 1. The molecule has 1 aromatic carbocycles. The number of aromatic nitrogens is 4. The largest absolute Gasteiger partial charge is 0.383 e. The maximum Gasteiger partial charge on any atom is 0.254 e. The molecule has 8 heteroatoms. The van der Waals surface area contributed by atoms with Crippen LogP contribution in [0.1, 0.15) is 52.4 Å². The molecule has 4 aromatic rings. The molecule has 1 aliphatic heterocycles. The molecule has 0 spiro atoms. The Morgan fingerprint density at radius 2 is 1.94 bits per heavy atom. The van der Waals surface area contributed by atoms with E-state index in [1.807, 2.05) is 50.5 Å². The molecule has 5 rings (SSSR count). The van der Waals surface area contributed by atoms with E-state index in [9.17, 15) is 4.79 Å². The van der Waals surface area contributed by atoms with Gasteiger partial charge < -0.3 is 10.6 Å². The highest BCUT2D eigenvalue weighted by atomic mass is 16.2. The van der Waals surface area contributed by atoms with Crippen LogP contribution in [-0.4, -0.2) is 43.5 Å². The third kappa shape index (κ3) is 4.84. The molecule has 0 saturated heterocycles. The van der Waals surface area contributed by atoms with E-state index in [2.05, 4.69) is 37.1 Å². The van der Waals surface area contributed by atoms with Crippen molar-refractivity contribution >= 4 is 34.4 Å². The number of anilines is 1. The molecule has 0 bridgehead atoms. The summed E-state index contributed by atoms with van der Waals surface area (Å²) in [5.74, 6) is 0.924. The summed E-state index contributed by atoms with van der Waals surface area (Å²) < 4.78 is 0. The quantitative estimate of drug-likeness (QED) is 0.435. The maximum absolute atomic E-state index is 13.8. The summed E-state index contributed by atoms with van der Waals surface area (Å²) in [6.07, 6.45) is 10.1. The van der Waals surface area contributed by atoms with Crippen LogP contribution in [-0.2, 0) is 6.54 Å². The molecule has 0 fully saturated rings. The predicted molar refractivity (Wildman–Crippen MR) is 141 cm³/mol. The molecular formula is C28H27N7O. The van der Waals surface area contributed by atoms with Gasteiger partial charge in [-0.15, -0.1) is 0 Å². The van der Waals surface area contributed by atoms with Crippen molar-refractivity contribution in [3.8, 4) is 0 Å². The van der Waals surface area contributed by atoms with Crippen LogP contribution >= 0.6 is 0 Å². The van der Waals surface area contributed by atoms with E-state index in [0.717, 1.165) is 34.1 Å². The van der Waals surface area contributed by atoms with Gasteiger partial charge in [0.1, 0.15) is 11.6 Å². The molecule has 8 nitrogen and oxygen atoms in total. The second kappa shape index (κ2) is 10.0. The van der Waals surface area contributed by atoms with E-state index in [1.54, 1.807) is 29.4 Å². The lowest BCUT2D eigenvalue weighted by atomic mass is 10.0. The number of nitrogens with two attached hydrogens (primary N) is 1. The third-order valence-corrected chi connectivity index (χ3v) is 6.39. The summed E-state index contributed by atoms with van der Waals surface area (Å²) in [4.78, 5) is 37.7. The van der Waals surface area contributed by atoms with Crippen molar-refractivity contribution in [3.63, 3.8) is 0 Å². The Hall–Kier alpha value is -4.46. The number of pyridine rings is 2. The molecule has 0 saturated carbocycles. The number of nitrogen functional groups attached to an aromatic ring is 1. The molecule has 36 heavy (non-hydrogen) atoms. The normalized spacial score (nSPS) is 13.9. The minimum atomic E-state index is -0.362. The van der Waals surface area contributed by atoms with E-state index in [0.29, 0.717) is 30.3 Å². The second-order valence-electron chi connectivity index (χ2n) is 8.83. The van der Waals surface area contributed by atoms with Crippen molar-refractivity contribution in [2.45, 2.75) is 32.9 Å². The molecule has 0 radical (unpaired) electrons. The Balaban J connectivity index is 1.46. The Labute approximate surface area is 209 Å². The average Bonchev–Trinajstić information content (AvgIpc) is 2.93. The molecule has 180 valence electrons. The first kappa shape index (κ1) is 23.3. The Morgan fingerprint density at radius 1 is 1.11 bits per heavy atom. The summed E-state index contributed by atoms with van der Waals surface area (Å²) in [5.41, 5.74) is 11.2. The number of hydrogen-bond donors (Lipinski definition) is 1. The minimum Gasteiger partial charge on any atom is -0.383 e. The number of aryl methyl sites for hydroxylation is 1. The van der Waals surface area contributed by atoms with E-state index < -0.39 is 0 Å². The van der Waals surface area contributed by atoms with E-state index >= 15 is 0 Å². The number of benzene rings is 1. The van der Waals surface area contributed by atoms with Crippen molar-refractivity contribution in [1.82, 2.24) is 24.8 Å². The first-order valence-electron chi connectivity index (χ1n) is 11.9. The lowest BCUT2D eigenvalue weighted by Gasteiger charge is -2.28. The van der Waals surface area contributed by atoms with Gasteiger partial charge in [0.25, 0.3) is 5.91 Å². The zero-order valence-corrected chi connectivity index (χ0v) is 20.3. The van der Waals surface area contributed by atoms with Crippen molar-refractivity contribution in [2.75, 3.05) is 12.3 Å². The monoisotopic (exact) mass is 477 g/mol. The number of dihydropyridines is 1. The summed E-state index contributed by atoms with van der Waals surface area (Å²) in [7, 11) is 0. The van der Waals surface area contributed by atoms with Gasteiger partial charge >= 0.3 is 0 Å². The summed E-state index contributed by atoms with van der Waals surface area (Å²) in [6.45, 7) is 4.85. The predicted octanol–water partition coefficient (Wildman–Crippen LogP) is 4.57. The van der Waals surface area contributed by atoms with Crippen LogP contribution in [0.4, 0.5) is 5.82 Å². The second-order valence-corrected chi connectivity index (χ2v) is 8.83. The van der Waals surface area contributed by atoms with Crippen LogP contribution in [0.5, 0.6) is 0 Å². The van der Waals surface area contributed by atoms with E-state index in [4.69, 9.17) is 5.73 Å². The van der Waals surface area contributed by atoms with Crippen LogP contribution in [0.3, 0.4) is 0 Å². The fourth-order valence-corrected chi connectivity index (χ4v) is 4.25. The van der Waals surface area contributed by atoms with Crippen LogP contribution in [0, 0.1) is 6.92 Å². The highest BCUT2D eigenvalue weighted by Crippen LogP contribution is 2.25.